The molecule has 0 atom stereocenters. The third kappa shape index (κ3) is 5.34. The molecular formula is C24H41N3O2. The Kier molecular flexibility index (Phi) is 6.53. The summed E-state index contributed by atoms with van der Waals surface area (Å²) in [5, 5.41) is 2.98. The van der Waals surface area contributed by atoms with Crippen molar-refractivity contribution in [1.82, 2.24) is 15.1 Å². The van der Waals surface area contributed by atoms with E-state index in [2.05, 4.69) is 24.3 Å². The van der Waals surface area contributed by atoms with E-state index >= 15 is 0 Å². The summed E-state index contributed by atoms with van der Waals surface area (Å²) in [6, 6.07) is 0. The second-order valence-electron chi connectivity index (χ2n) is 11.1. The highest BCUT2D eigenvalue weighted by atomic mass is 16.2. The highest BCUT2D eigenvalue weighted by Gasteiger charge is 2.51. The molecule has 0 spiro atoms. The first-order chi connectivity index (χ1) is 13.9. The topological polar surface area (TPSA) is 52.6 Å². The van der Waals surface area contributed by atoms with Crippen molar-refractivity contribution in [2.24, 2.45) is 29.1 Å². The zero-order valence-electron chi connectivity index (χ0n) is 18.6. The van der Waals surface area contributed by atoms with Gasteiger partial charge in [-0.1, -0.05) is 0 Å². The Morgan fingerprint density at radius 2 is 1.59 bits per heavy atom. The molecule has 5 nitrogen and oxygen atoms in total. The maximum absolute atomic E-state index is 12.7. The van der Waals surface area contributed by atoms with Crippen molar-refractivity contribution in [3.05, 3.63) is 0 Å². The first-order valence-corrected chi connectivity index (χ1v) is 12.1. The normalized spacial score (nSPS) is 34.0. The molecule has 1 heterocycles. The van der Waals surface area contributed by atoms with Gasteiger partial charge in [0.15, 0.2) is 0 Å². The average Bonchev–Trinajstić information content (AvgIpc) is 2.65. The van der Waals surface area contributed by atoms with Gasteiger partial charge in [-0.3, -0.25) is 9.59 Å². The van der Waals surface area contributed by atoms with E-state index in [1.54, 1.807) is 0 Å². The van der Waals surface area contributed by atoms with Gasteiger partial charge in [0.05, 0.1) is 6.54 Å². The number of piperidine rings is 1. The molecule has 4 aliphatic carbocycles. The van der Waals surface area contributed by atoms with E-state index in [4.69, 9.17) is 0 Å². The zero-order chi connectivity index (χ0) is 20.4. The molecule has 2 amide bonds. The first kappa shape index (κ1) is 21.1. The van der Waals surface area contributed by atoms with Crippen molar-refractivity contribution in [3.8, 4) is 0 Å². The Hall–Kier alpha value is -1.10. The van der Waals surface area contributed by atoms with Gasteiger partial charge in [0, 0.05) is 19.5 Å². The fourth-order valence-electron chi connectivity index (χ4n) is 7.36. The maximum atomic E-state index is 12.7. The molecule has 1 aliphatic heterocycles. The van der Waals surface area contributed by atoms with Gasteiger partial charge in [0.25, 0.3) is 0 Å². The van der Waals surface area contributed by atoms with Crippen molar-refractivity contribution in [2.45, 2.75) is 70.6 Å². The van der Waals surface area contributed by atoms with Gasteiger partial charge in [0.1, 0.15) is 0 Å². The van der Waals surface area contributed by atoms with Crippen LogP contribution in [-0.4, -0.2) is 61.9 Å². The summed E-state index contributed by atoms with van der Waals surface area (Å²) in [7, 11) is 4.25. The number of rotatable bonds is 8. The summed E-state index contributed by atoms with van der Waals surface area (Å²) >= 11 is 0. The Bertz CT molecular complexity index is 560. The minimum atomic E-state index is 0.107. The zero-order valence-corrected chi connectivity index (χ0v) is 18.6. The van der Waals surface area contributed by atoms with Crippen LogP contribution in [0.5, 0.6) is 0 Å². The molecule has 4 saturated carbocycles. The van der Waals surface area contributed by atoms with Crippen LogP contribution in [0.25, 0.3) is 0 Å². The fourth-order valence-corrected chi connectivity index (χ4v) is 7.36. The molecule has 4 bridgehead atoms. The van der Waals surface area contributed by atoms with E-state index in [0.29, 0.717) is 6.42 Å². The van der Waals surface area contributed by atoms with Crippen LogP contribution < -0.4 is 5.32 Å². The summed E-state index contributed by atoms with van der Waals surface area (Å²) in [5.74, 6) is 3.58. The second-order valence-corrected chi connectivity index (χ2v) is 11.1. The lowest BCUT2D eigenvalue weighted by molar-refractivity contribution is -0.136. The molecule has 1 saturated heterocycles. The van der Waals surface area contributed by atoms with Crippen LogP contribution in [0.4, 0.5) is 0 Å². The van der Waals surface area contributed by atoms with Gasteiger partial charge in [-0.2, -0.15) is 0 Å². The number of carbonyl (C=O) groups excluding carboxylic acids is 2. The van der Waals surface area contributed by atoms with Crippen molar-refractivity contribution >= 4 is 11.8 Å². The van der Waals surface area contributed by atoms with Crippen molar-refractivity contribution in [2.75, 3.05) is 40.3 Å². The third-order valence-electron chi connectivity index (χ3n) is 8.32. The van der Waals surface area contributed by atoms with Crippen molar-refractivity contribution in [1.29, 1.82) is 0 Å². The molecule has 0 aromatic rings. The minimum Gasteiger partial charge on any atom is -0.347 e. The number of carbonyl (C=O) groups is 2. The molecule has 0 aromatic carbocycles. The predicted octanol–water partition coefficient (Wildman–Crippen LogP) is 3.29. The second kappa shape index (κ2) is 8.95. The van der Waals surface area contributed by atoms with E-state index in [0.717, 1.165) is 56.1 Å². The van der Waals surface area contributed by atoms with Gasteiger partial charge in [-0.15, -0.1) is 0 Å². The molecule has 5 aliphatic rings. The van der Waals surface area contributed by atoms with Crippen LogP contribution in [0, 0.1) is 29.1 Å². The van der Waals surface area contributed by atoms with Crippen LogP contribution in [0.15, 0.2) is 0 Å². The van der Waals surface area contributed by atoms with Gasteiger partial charge in [0.2, 0.25) is 11.8 Å². The number of hydrogen-bond acceptors (Lipinski definition) is 3. The highest BCUT2D eigenvalue weighted by molar-refractivity contribution is 5.85. The Morgan fingerprint density at radius 1 is 1.00 bits per heavy atom. The Morgan fingerprint density at radius 3 is 2.14 bits per heavy atom. The van der Waals surface area contributed by atoms with Gasteiger partial charge >= 0.3 is 0 Å². The molecule has 0 radical (unpaired) electrons. The summed E-state index contributed by atoms with van der Waals surface area (Å²) in [6.07, 6.45) is 13.4. The summed E-state index contributed by atoms with van der Waals surface area (Å²) < 4.78 is 0. The summed E-state index contributed by atoms with van der Waals surface area (Å²) in [6.45, 7) is 3.05. The fraction of sp³-hybridized carbons (Fsp3) is 0.917. The molecule has 0 unspecified atom stereocenters. The predicted molar refractivity (Wildman–Crippen MR) is 115 cm³/mol. The van der Waals surface area contributed by atoms with Gasteiger partial charge in [-0.05, 0) is 114 Å². The van der Waals surface area contributed by atoms with Crippen LogP contribution in [0.2, 0.25) is 0 Å². The van der Waals surface area contributed by atoms with Crippen molar-refractivity contribution in [3.63, 3.8) is 0 Å². The lowest BCUT2D eigenvalue weighted by Crippen LogP contribution is -2.49. The molecule has 29 heavy (non-hydrogen) atoms. The molecule has 5 heteroatoms. The van der Waals surface area contributed by atoms with Crippen LogP contribution in [0.3, 0.4) is 0 Å². The summed E-state index contributed by atoms with van der Waals surface area (Å²) in [4.78, 5) is 29.4. The van der Waals surface area contributed by atoms with E-state index in [-0.39, 0.29) is 23.8 Å². The Balaban J connectivity index is 1.15. The first-order valence-electron chi connectivity index (χ1n) is 12.1. The standard InChI is InChI=1S/C24H41N3O2/c1-26(2)7-3-4-18-5-8-27(9-6-18)23(29)17-25-22(28)16-24-13-19-10-20(14-24)12-21(11-19)15-24/h18-21H,3-17H2,1-2H3,(H,25,28). The monoisotopic (exact) mass is 403 g/mol. The maximum Gasteiger partial charge on any atom is 0.241 e. The quantitative estimate of drug-likeness (QED) is 0.677. The largest absolute Gasteiger partial charge is 0.347 e. The van der Waals surface area contributed by atoms with E-state index < -0.39 is 0 Å². The molecule has 5 rings (SSSR count). The smallest absolute Gasteiger partial charge is 0.241 e. The van der Waals surface area contributed by atoms with E-state index in [1.165, 1.54) is 51.4 Å². The molecule has 1 N–H and O–H groups in total. The molecule has 0 aromatic heterocycles. The number of amides is 2. The summed E-state index contributed by atoms with van der Waals surface area (Å²) in [5.41, 5.74) is 0.257. The van der Waals surface area contributed by atoms with Crippen LogP contribution >= 0.6 is 0 Å². The third-order valence-corrected chi connectivity index (χ3v) is 8.32. The van der Waals surface area contributed by atoms with E-state index in [9.17, 15) is 9.59 Å². The number of nitrogens with one attached hydrogen (secondary N) is 1. The lowest BCUT2D eigenvalue weighted by Gasteiger charge is -2.56. The lowest BCUT2D eigenvalue weighted by atomic mass is 9.49. The minimum absolute atomic E-state index is 0.107. The van der Waals surface area contributed by atoms with Crippen LogP contribution in [0.1, 0.15) is 70.6 Å². The van der Waals surface area contributed by atoms with Crippen molar-refractivity contribution < 1.29 is 9.59 Å². The molecular weight excluding hydrogens is 362 g/mol. The number of hydrogen-bond donors (Lipinski definition) is 1. The highest BCUT2D eigenvalue weighted by Crippen LogP contribution is 2.61. The number of likely N-dealkylation sites (tertiary alicyclic amines) is 1. The molecule has 5 fully saturated rings. The SMILES string of the molecule is CN(C)CCCC1CCN(C(=O)CNC(=O)CC23CC4CC(CC(C4)C2)C3)CC1. The van der Waals surface area contributed by atoms with Gasteiger partial charge < -0.3 is 15.1 Å². The number of nitrogens with zero attached hydrogens (tertiary/aromatic N) is 2. The average molecular weight is 404 g/mol. The molecule has 164 valence electrons. The van der Waals surface area contributed by atoms with Gasteiger partial charge in [-0.25, -0.2) is 0 Å². The van der Waals surface area contributed by atoms with E-state index in [1.807, 2.05) is 4.90 Å². The Labute approximate surface area is 177 Å². The van der Waals surface area contributed by atoms with Crippen LogP contribution in [-0.2, 0) is 9.59 Å².